The number of fused-ring (bicyclic) bond motifs is 1. The van der Waals surface area contributed by atoms with Gasteiger partial charge in [-0.25, -0.2) is 4.98 Å². The molecule has 2 aromatic heterocycles. The van der Waals surface area contributed by atoms with Crippen LogP contribution in [0.4, 0.5) is 5.69 Å². The lowest BCUT2D eigenvalue weighted by Crippen LogP contribution is -2.23. The van der Waals surface area contributed by atoms with Crippen LogP contribution in [-0.2, 0) is 24.8 Å². The highest BCUT2D eigenvalue weighted by Gasteiger charge is 2.21. The number of aromatic nitrogens is 4. The Morgan fingerprint density at radius 1 is 1.10 bits per heavy atom. The van der Waals surface area contributed by atoms with E-state index in [1.165, 1.54) is 17.3 Å². The minimum Gasteiger partial charge on any atom is -0.322 e. The summed E-state index contributed by atoms with van der Waals surface area (Å²) in [6, 6.07) is 18.6. The van der Waals surface area contributed by atoms with Crippen LogP contribution in [0.25, 0.3) is 11.0 Å². The molecular weight excluding hydrogens is 406 g/mol. The third kappa shape index (κ3) is 4.51. The lowest BCUT2D eigenvalue weighted by Gasteiger charge is -2.14. The molecule has 0 saturated heterocycles. The Kier molecular flexibility index (Phi) is 6.13. The second kappa shape index (κ2) is 8.98. The van der Waals surface area contributed by atoms with E-state index in [0.29, 0.717) is 0 Å². The largest absolute Gasteiger partial charge is 0.322 e. The molecule has 4 aromatic rings. The predicted octanol–water partition coefficient (Wildman–Crippen LogP) is 4.75. The zero-order valence-corrected chi connectivity index (χ0v) is 19.1. The van der Waals surface area contributed by atoms with Gasteiger partial charge in [-0.15, -0.1) is 0 Å². The fourth-order valence-electron chi connectivity index (χ4n) is 3.64. The molecular formula is C24H27N5OS. The first-order chi connectivity index (χ1) is 14.9. The molecule has 0 aliphatic carbocycles. The van der Waals surface area contributed by atoms with E-state index in [1.807, 2.05) is 52.1 Å². The van der Waals surface area contributed by atoms with Gasteiger partial charge in [-0.05, 0) is 44.9 Å². The van der Waals surface area contributed by atoms with Crippen LogP contribution in [0.5, 0.6) is 0 Å². The van der Waals surface area contributed by atoms with Crippen molar-refractivity contribution in [3.05, 3.63) is 71.5 Å². The Balaban J connectivity index is 1.55. The molecule has 0 fully saturated rings. The average molecular weight is 434 g/mol. The lowest BCUT2D eigenvalue weighted by molar-refractivity contribution is -0.115. The molecule has 2 aromatic carbocycles. The first kappa shape index (κ1) is 21.2. The highest BCUT2D eigenvalue weighted by Crippen LogP contribution is 2.29. The van der Waals surface area contributed by atoms with E-state index in [9.17, 15) is 4.79 Å². The summed E-state index contributed by atoms with van der Waals surface area (Å²) >= 11 is 1.49. The Bertz CT molecular complexity index is 1210. The van der Waals surface area contributed by atoms with Crippen molar-refractivity contribution >= 4 is 34.4 Å². The fourth-order valence-corrected chi connectivity index (χ4v) is 4.59. The van der Waals surface area contributed by atoms with Crippen LogP contribution in [0.2, 0.25) is 0 Å². The number of carbonyl (C=O) groups excluding carboxylic acids is 1. The van der Waals surface area contributed by atoms with Gasteiger partial charge in [0, 0.05) is 13.6 Å². The van der Waals surface area contributed by atoms with E-state index in [2.05, 4.69) is 45.3 Å². The van der Waals surface area contributed by atoms with E-state index in [4.69, 9.17) is 4.98 Å². The summed E-state index contributed by atoms with van der Waals surface area (Å²) in [5.41, 5.74) is 5.87. The van der Waals surface area contributed by atoms with Crippen molar-refractivity contribution in [3.63, 3.8) is 0 Å². The summed E-state index contributed by atoms with van der Waals surface area (Å²) < 4.78 is 4.00. The first-order valence-electron chi connectivity index (χ1n) is 10.4. The van der Waals surface area contributed by atoms with E-state index >= 15 is 0 Å². The molecule has 31 heavy (non-hydrogen) atoms. The molecule has 6 nitrogen and oxygen atoms in total. The van der Waals surface area contributed by atoms with Gasteiger partial charge in [0.15, 0.2) is 5.16 Å². The van der Waals surface area contributed by atoms with Crippen molar-refractivity contribution < 1.29 is 4.79 Å². The molecule has 0 saturated carbocycles. The summed E-state index contributed by atoms with van der Waals surface area (Å²) in [4.78, 5) is 17.8. The van der Waals surface area contributed by atoms with Gasteiger partial charge in [-0.1, -0.05) is 54.2 Å². The molecule has 4 rings (SSSR count). The minimum atomic E-state index is -0.300. The third-order valence-corrected chi connectivity index (χ3v) is 6.59. The number of para-hydroxylation sites is 2. The van der Waals surface area contributed by atoms with E-state index in [1.54, 1.807) is 4.68 Å². The van der Waals surface area contributed by atoms with Gasteiger partial charge >= 0.3 is 0 Å². The summed E-state index contributed by atoms with van der Waals surface area (Å²) in [6.45, 7) is 6.59. The number of nitrogens with one attached hydrogen (secondary N) is 1. The van der Waals surface area contributed by atoms with E-state index in [0.717, 1.165) is 46.2 Å². The zero-order chi connectivity index (χ0) is 22.0. The molecule has 2 heterocycles. The van der Waals surface area contributed by atoms with Crippen molar-refractivity contribution in [1.29, 1.82) is 0 Å². The number of amides is 1. The summed E-state index contributed by atoms with van der Waals surface area (Å²) in [5.74, 6) is -0.0501. The molecule has 0 aliphatic rings. The molecule has 1 amide bonds. The maximum atomic E-state index is 12.9. The molecule has 1 N–H and O–H groups in total. The second-order valence-electron chi connectivity index (χ2n) is 7.69. The SMILES string of the molecule is Cc1nn(C)c(C)c1NC(=O)[C@@H](C)Sc1nc2ccccc2n1CCc1ccccc1. The number of anilines is 1. The lowest BCUT2D eigenvalue weighted by atomic mass is 10.1. The Labute approximate surface area is 186 Å². The number of nitrogens with zero attached hydrogens (tertiary/aromatic N) is 4. The number of rotatable bonds is 7. The molecule has 160 valence electrons. The third-order valence-electron chi connectivity index (χ3n) is 5.50. The van der Waals surface area contributed by atoms with Crippen molar-refractivity contribution in [2.75, 3.05) is 5.32 Å². The van der Waals surface area contributed by atoms with Crippen LogP contribution in [0.1, 0.15) is 23.9 Å². The smallest absolute Gasteiger partial charge is 0.237 e. The Morgan fingerprint density at radius 3 is 2.52 bits per heavy atom. The number of hydrogen-bond acceptors (Lipinski definition) is 4. The van der Waals surface area contributed by atoms with E-state index < -0.39 is 0 Å². The minimum absolute atomic E-state index is 0.0501. The molecule has 7 heteroatoms. The van der Waals surface area contributed by atoms with Crippen LogP contribution in [0.3, 0.4) is 0 Å². The zero-order valence-electron chi connectivity index (χ0n) is 18.3. The van der Waals surface area contributed by atoms with Gasteiger partial charge in [0.1, 0.15) is 0 Å². The average Bonchev–Trinajstić information content (AvgIpc) is 3.23. The summed E-state index contributed by atoms with van der Waals surface area (Å²) in [7, 11) is 1.88. The van der Waals surface area contributed by atoms with Gasteiger partial charge < -0.3 is 9.88 Å². The summed E-state index contributed by atoms with van der Waals surface area (Å²) in [6.07, 6.45) is 0.906. The second-order valence-corrected chi connectivity index (χ2v) is 9.00. The topological polar surface area (TPSA) is 64.7 Å². The predicted molar refractivity (Wildman–Crippen MR) is 127 cm³/mol. The number of aryl methyl sites for hydroxylation is 4. The van der Waals surface area contributed by atoms with Gasteiger partial charge in [0.2, 0.25) is 5.91 Å². The molecule has 0 unspecified atom stereocenters. The number of benzene rings is 2. The van der Waals surface area contributed by atoms with Gasteiger partial charge in [-0.2, -0.15) is 5.10 Å². The van der Waals surface area contributed by atoms with Gasteiger partial charge in [-0.3, -0.25) is 9.48 Å². The quantitative estimate of drug-likeness (QED) is 0.427. The number of imidazole rings is 1. The van der Waals surface area contributed by atoms with Crippen molar-refractivity contribution in [3.8, 4) is 0 Å². The van der Waals surface area contributed by atoms with Crippen LogP contribution >= 0.6 is 11.8 Å². The van der Waals surface area contributed by atoms with Crippen LogP contribution in [-0.4, -0.2) is 30.5 Å². The van der Waals surface area contributed by atoms with Gasteiger partial charge in [0.25, 0.3) is 0 Å². The Hall–Kier alpha value is -3.06. The molecule has 0 spiro atoms. The van der Waals surface area contributed by atoms with E-state index in [-0.39, 0.29) is 11.2 Å². The first-order valence-corrected chi connectivity index (χ1v) is 11.3. The Morgan fingerprint density at radius 2 is 1.81 bits per heavy atom. The van der Waals surface area contributed by atoms with Crippen LogP contribution in [0.15, 0.2) is 59.8 Å². The number of carbonyl (C=O) groups is 1. The maximum absolute atomic E-state index is 12.9. The van der Waals surface area contributed by atoms with Crippen LogP contribution < -0.4 is 5.32 Å². The maximum Gasteiger partial charge on any atom is 0.237 e. The molecule has 1 atom stereocenters. The van der Waals surface area contributed by atoms with Gasteiger partial charge in [0.05, 0.1) is 33.4 Å². The summed E-state index contributed by atoms with van der Waals surface area (Å²) in [5, 5.41) is 7.99. The molecule has 0 bridgehead atoms. The molecule has 0 radical (unpaired) electrons. The standard InChI is InChI=1S/C24H27N5OS/c1-16-22(17(2)28(4)27-16)26-23(30)18(3)31-24-25-20-12-8-9-13-21(20)29(24)15-14-19-10-6-5-7-11-19/h5-13,18H,14-15H2,1-4H3,(H,26,30)/t18-/m1/s1. The van der Waals surface area contributed by atoms with Crippen molar-refractivity contribution in [1.82, 2.24) is 19.3 Å². The highest BCUT2D eigenvalue weighted by molar-refractivity contribution is 8.00. The van der Waals surface area contributed by atoms with Crippen molar-refractivity contribution in [2.45, 2.75) is 44.1 Å². The fraction of sp³-hybridized carbons (Fsp3) is 0.292. The highest BCUT2D eigenvalue weighted by atomic mass is 32.2. The monoisotopic (exact) mass is 433 g/mol. The van der Waals surface area contributed by atoms with Crippen LogP contribution in [0, 0.1) is 13.8 Å². The van der Waals surface area contributed by atoms with Crippen molar-refractivity contribution in [2.24, 2.45) is 7.05 Å². The molecule has 0 aliphatic heterocycles. The normalized spacial score (nSPS) is 12.3. The number of hydrogen-bond donors (Lipinski definition) is 1. The number of thioether (sulfide) groups is 1.